The Morgan fingerprint density at radius 2 is 1.83 bits per heavy atom. The molecule has 3 aromatic rings. The van der Waals surface area contributed by atoms with Crippen molar-refractivity contribution in [1.82, 2.24) is 25.1 Å². The monoisotopic (exact) mass is 629 g/mol. The van der Waals surface area contributed by atoms with Crippen LogP contribution in [0, 0.1) is 51.0 Å². The molecule has 0 aliphatic carbocycles. The van der Waals surface area contributed by atoms with E-state index in [2.05, 4.69) is 35.8 Å². The molecule has 155 valence electrons. The zero-order chi connectivity index (χ0) is 20.4. The standard InChI is InChI=1S/C19H19F3N7.Ac/c1-11-24-18(29-28-11)27-16-10-15(12-6-8-23-9-7-12)25-17(26-16)13-4-2-3-5-14(13)19(20,21)22;/h2-5,10,12H,6-9H2,1H3,(H2,24,25,26,27,28,29);/q-1;. The molecule has 2 N–H and O–H groups in total. The maximum absolute atomic E-state index is 13.5. The number of hydrogen-bond acceptors (Lipinski definition) is 5. The summed E-state index contributed by atoms with van der Waals surface area (Å²) in [6.07, 6.45) is -2.90. The number of halogens is 3. The third kappa shape index (κ3) is 5.37. The summed E-state index contributed by atoms with van der Waals surface area (Å²) in [6, 6.07) is 7.08. The molecular weight excluding hydrogens is 610 g/mol. The van der Waals surface area contributed by atoms with Gasteiger partial charge in [0.15, 0.2) is 5.82 Å². The minimum Gasteiger partial charge on any atom is -0.662 e. The Hall–Kier alpha value is -1.57. The first kappa shape index (κ1) is 23.1. The Bertz CT molecular complexity index is 1000. The van der Waals surface area contributed by atoms with E-state index < -0.39 is 11.7 Å². The normalized spacial score (nSPS) is 14.9. The number of hydrogen-bond donors (Lipinski definition) is 2. The van der Waals surface area contributed by atoms with E-state index in [4.69, 9.17) is 0 Å². The summed E-state index contributed by atoms with van der Waals surface area (Å²) < 4.78 is 40.6. The van der Waals surface area contributed by atoms with E-state index in [0.29, 0.717) is 36.4 Å². The quantitative estimate of drug-likeness (QED) is 0.441. The van der Waals surface area contributed by atoms with Crippen LogP contribution in [0.25, 0.3) is 16.7 Å². The van der Waals surface area contributed by atoms with Gasteiger partial charge in [0, 0.05) is 61.4 Å². The van der Waals surface area contributed by atoms with E-state index >= 15 is 0 Å². The van der Waals surface area contributed by atoms with Gasteiger partial charge in [0.1, 0.15) is 11.6 Å². The van der Waals surface area contributed by atoms with E-state index in [1.165, 1.54) is 12.1 Å². The topological polar surface area (TPSA) is 93.5 Å². The summed E-state index contributed by atoms with van der Waals surface area (Å²) >= 11 is 0. The maximum atomic E-state index is 13.5. The van der Waals surface area contributed by atoms with E-state index in [0.717, 1.165) is 18.9 Å². The van der Waals surface area contributed by atoms with Crippen LogP contribution in [0.2, 0.25) is 0 Å². The van der Waals surface area contributed by atoms with Gasteiger partial charge < -0.3 is 10.6 Å². The largest absolute Gasteiger partial charge is 0.662 e. The van der Waals surface area contributed by atoms with E-state index in [1.54, 1.807) is 19.1 Å². The number of aromatic nitrogens is 5. The predicted molar refractivity (Wildman–Crippen MR) is 102 cm³/mol. The van der Waals surface area contributed by atoms with Gasteiger partial charge in [-0.2, -0.15) is 18.2 Å². The number of aryl methyl sites for hydroxylation is 1. The van der Waals surface area contributed by atoms with Crippen molar-refractivity contribution in [3.05, 3.63) is 52.7 Å². The molecule has 7 nitrogen and oxygen atoms in total. The third-order valence-corrected chi connectivity index (χ3v) is 4.75. The van der Waals surface area contributed by atoms with E-state index in [9.17, 15) is 13.2 Å². The van der Waals surface area contributed by atoms with Crippen LogP contribution in [-0.4, -0.2) is 38.2 Å². The van der Waals surface area contributed by atoms with Crippen LogP contribution in [0.1, 0.15) is 35.8 Å². The summed E-state index contributed by atoms with van der Waals surface area (Å²) in [5, 5.41) is 14.0. The SMILES string of the molecule is Cc1nc(Nc2cc(C3CC[N-]CC3)nc(-c3ccccc3C(F)(F)F)n2)n[nH]1.[Ac]. The Morgan fingerprint density at radius 1 is 1.10 bits per heavy atom. The van der Waals surface area contributed by atoms with Gasteiger partial charge in [-0.3, -0.25) is 5.10 Å². The van der Waals surface area contributed by atoms with Crippen molar-refractivity contribution in [2.45, 2.75) is 31.9 Å². The number of benzene rings is 1. The smallest absolute Gasteiger partial charge is 0.417 e. The number of anilines is 2. The molecule has 1 aromatic carbocycles. The molecule has 2 aromatic heterocycles. The molecule has 4 rings (SSSR count). The van der Waals surface area contributed by atoms with Gasteiger partial charge in [-0.15, -0.1) is 18.2 Å². The van der Waals surface area contributed by atoms with E-state index in [1.807, 2.05) is 0 Å². The van der Waals surface area contributed by atoms with Gasteiger partial charge in [0.2, 0.25) is 5.95 Å². The van der Waals surface area contributed by atoms with Crippen molar-refractivity contribution in [3.63, 3.8) is 0 Å². The fourth-order valence-corrected chi connectivity index (χ4v) is 3.34. The number of alkyl halides is 3. The molecule has 1 saturated heterocycles. The van der Waals surface area contributed by atoms with Gasteiger partial charge in [-0.1, -0.05) is 31.0 Å². The maximum Gasteiger partial charge on any atom is 0.417 e. The van der Waals surface area contributed by atoms with Crippen LogP contribution in [-0.2, 0) is 6.18 Å². The van der Waals surface area contributed by atoms with Gasteiger partial charge in [-0.05, 0) is 18.9 Å². The van der Waals surface area contributed by atoms with Crippen molar-refractivity contribution < 1.29 is 57.2 Å². The summed E-state index contributed by atoms with van der Waals surface area (Å²) in [6.45, 7) is 3.18. The summed E-state index contributed by atoms with van der Waals surface area (Å²) in [4.78, 5) is 13.0. The van der Waals surface area contributed by atoms with Crippen molar-refractivity contribution in [2.75, 3.05) is 18.4 Å². The molecule has 0 unspecified atom stereocenters. The number of aromatic amines is 1. The molecule has 3 heterocycles. The fourth-order valence-electron chi connectivity index (χ4n) is 3.34. The van der Waals surface area contributed by atoms with Gasteiger partial charge >= 0.3 is 6.18 Å². The second-order valence-corrected chi connectivity index (χ2v) is 6.86. The number of H-pyrrole nitrogens is 1. The summed E-state index contributed by atoms with van der Waals surface area (Å²) in [7, 11) is 0. The minimum absolute atomic E-state index is 0. The first-order valence-corrected chi connectivity index (χ1v) is 9.25. The van der Waals surface area contributed by atoms with E-state index in [-0.39, 0.29) is 61.4 Å². The molecule has 0 amide bonds. The molecule has 1 radical (unpaired) electrons. The molecular formula is C19H19AcF3N7-. The molecule has 0 bridgehead atoms. The molecule has 1 aliphatic rings. The second kappa shape index (κ2) is 9.71. The molecule has 0 saturated carbocycles. The number of rotatable bonds is 4. The number of nitrogens with zero attached hydrogens (tertiary/aromatic N) is 5. The number of piperidine rings is 1. The summed E-state index contributed by atoms with van der Waals surface area (Å²) in [5.74, 6) is 1.39. The average molecular weight is 629 g/mol. The average Bonchev–Trinajstić information content (AvgIpc) is 3.12. The molecule has 0 atom stereocenters. The minimum atomic E-state index is -4.51. The second-order valence-electron chi connectivity index (χ2n) is 6.86. The number of nitrogens with one attached hydrogen (secondary N) is 2. The zero-order valence-corrected chi connectivity index (χ0v) is 21.0. The van der Waals surface area contributed by atoms with Crippen molar-refractivity contribution in [1.29, 1.82) is 0 Å². The van der Waals surface area contributed by atoms with Crippen LogP contribution in [0.5, 0.6) is 0 Å². The zero-order valence-electron chi connectivity index (χ0n) is 16.2. The molecule has 0 spiro atoms. The Balaban J connectivity index is 0.00000256. The third-order valence-electron chi connectivity index (χ3n) is 4.75. The molecule has 30 heavy (non-hydrogen) atoms. The van der Waals surface area contributed by atoms with Crippen LogP contribution in [0.4, 0.5) is 24.9 Å². The van der Waals surface area contributed by atoms with Crippen molar-refractivity contribution in [2.24, 2.45) is 0 Å². The Labute approximate surface area is 207 Å². The molecule has 1 aliphatic heterocycles. The van der Waals surface area contributed by atoms with Crippen LogP contribution in [0.15, 0.2) is 30.3 Å². The Kier molecular flexibility index (Phi) is 7.48. The van der Waals surface area contributed by atoms with Crippen LogP contribution >= 0.6 is 0 Å². The molecule has 11 heteroatoms. The van der Waals surface area contributed by atoms with Crippen LogP contribution < -0.4 is 5.32 Å². The van der Waals surface area contributed by atoms with Gasteiger partial charge in [0.05, 0.1) is 5.56 Å². The first-order chi connectivity index (χ1) is 13.9. The van der Waals surface area contributed by atoms with Gasteiger partial charge in [-0.25, -0.2) is 9.97 Å². The van der Waals surface area contributed by atoms with Crippen LogP contribution in [0.3, 0.4) is 0 Å². The first-order valence-electron chi connectivity index (χ1n) is 9.25. The van der Waals surface area contributed by atoms with Gasteiger partial charge in [0.25, 0.3) is 0 Å². The molecule has 1 fully saturated rings. The summed E-state index contributed by atoms with van der Waals surface area (Å²) in [5.41, 5.74) is -0.135. The van der Waals surface area contributed by atoms with Crippen molar-refractivity contribution >= 4 is 11.8 Å². The fraction of sp³-hybridized carbons (Fsp3) is 0.368. The van der Waals surface area contributed by atoms with Crippen molar-refractivity contribution in [3.8, 4) is 11.4 Å². The predicted octanol–water partition coefficient (Wildman–Crippen LogP) is 4.58. The Morgan fingerprint density at radius 3 is 2.50 bits per heavy atom.